The van der Waals surface area contributed by atoms with Gasteiger partial charge in [0.05, 0.1) is 11.1 Å². The van der Waals surface area contributed by atoms with Gasteiger partial charge in [-0.1, -0.05) is 30.3 Å². The molecule has 102 valence electrons. The van der Waals surface area contributed by atoms with Crippen LogP contribution in [-0.2, 0) is 15.8 Å². The summed E-state index contributed by atoms with van der Waals surface area (Å²) in [5.74, 6) is -0.0578. The number of hydrogen-bond donors (Lipinski definition) is 0. The molecule has 2 aromatic heterocycles. The van der Waals surface area contributed by atoms with Crippen LogP contribution in [0.5, 0.6) is 0 Å². The van der Waals surface area contributed by atoms with E-state index in [2.05, 4.69) is 32.6 Å². The van der Waals surface area contributed by atoms with Crippen LogP contribution in [0.25, 0.3) is 11.0 Å². The van der Waals surface area contributed by atoms with E-state index >= 15 is 0 Å². The molecule has 0 saturated carbocycles. The molecule has 20 heavy (non-hydrogen) atoms. The van der Waals surface area contributed by atoms with Crippen molar-refractivity contribution in [2.24, 2.45) is 0 Å². The van der Waals surface area contributed by atoms with E-state index in [1.54, 1.807) is 24.5 Å². The first kappa shape index (κ1) is 13.5. The van der Waals surface area contributed by atoms with Crippen LogP contribution >= 0.6 is 22.6 Å². The van der Waals surface area contributed by atoms with Crippen molar-refractivity contribution >= 4 is 43.6 Å². The minimum absolute atomic E-state index is 0.0578. The summed E-state index contributed by atoms with van der Waals surface area (Å²) in [4.78, 5) is 8.01. The summed E-state index contributed by atoms with van der Waals surface area (Å²) in [5, 5.41) is 0.740. The number of halogens is 1. The van der Waals surface area contributed by atoms with E-state index in [1.807, 2.05) is 18.2 Å². The zero-order valence-electron chi connectivity index (χ0n) is 10.3. The highest BCUT2D eigenvalue weighted by Crippen LogP contribution is 2.23. The van der Waals surface area contributed by atoms with Gasteiger partial charge in [0.25, 0.3) is 0 Å². The minimum Gasteiger partial charge on any atom is -0.244 e. The Morgan fingerprint density at radius 1 is 1.20 bits per heavy atom. The Bertz CT molecular complexity index is 860. The average Bonchev–Trinajstić information content (AvgIpc) is 2.78. The lowest BCUT2D eigenvalue weighted by molar-refractivity contribution is 0.588. The second kappa shape index (κ2) is 5.13. The van der Waals surface area contributed by atoms with Crippen molar-refractivity contribution in [3.63, 3.8) is 0 Å². The molecule has 0 amide bonds. The largest absolute Gasteiger partial charge is 0.244 e. The SMILES string of the molecule is O=S(=O)(Cc1ccccc1)n1cc(I)c2cncnc21. The van der Waals surface area contributed by atoms with Crippen LogP contribution in [0.4, 0.5) is 0 Å². The first-order chi connectivity index (χ1) is 9.58. The highest BCUT2D eigenvalue weighted by atomic mass is 127. The normalized spacial score (nSPS) is 11.8. The lowest BCUT2D eigenvalue weighted by Crippen LogP contribution is -2.14. The number of aromatic nitrogens is 3. The van der Waals surface area contributed by atoms with Gasteiger partial charge in [0.2, 0.25) is 10.0 Å². The molecule has 0 aliphatic rings. The van der Waals surface area contributed by atoms with Gasteiger partial charge in [0.15, 0.2) is 5.65 Å². The fourth-order valence-corrected chi connectivity index (χ4v) is 4.24. The van der Waals surface area contributed by atoms with E-state index in [9.17, 15) is 8.42 Å². The summed E-state index contributed by atoms with van der Waals surface area (Å²) in [6.07, 6.45) is 4.56. The molecule has 7 heteroatoms. The van der Waals surface area contributed by atoms with Gasteiger partial charge in [-0.05, 0) is 28.2 Å². The van der Waals surface area contributed by atoms with Crippen LogP contribution in [0.3, 0.4) is 0 Å². The monoisotopic (exact) mass is 399 g/mol. The zero-order chi connectivity index (χ0) is 14.2. The second-order valence-electron chi connectivity index (χ2n) is 4.27. The highest BCUT2D eigenvalue weighted by molar-refractivity contribution is 14.1. The topological polar surface area (TPSA) is 64.8 Å². The quantitative estimate of drug-likeness (QED) is 0.635. The van der Waals surface area contributed by atoms with Crippen molar-refractivity contribution in [1.82, 2.24) is 13.9 Å². The van der Waals surface area contributed by atoms with Gasteiger partial charge < -0.3 is 0 Å². The summed E-state index contributed by atoms with van der Waals surface area (Å²) < 4.78 is 27.1. The zero-order valence-corrected chi connectivity index (χ0v) is 13.2. The van der Waals surface area contributed by atoms with Crippen LogP contribution in [0, 0.1) is 3.57 Å². The van der Waals surface area contributed by atoms with E-state index in [1.165, 1.54) is 10.3 Å². The van der Waals surface area contributed by atoms with E-state index in [0.717, 1.165) is 14.5 Å². The first-order valence-corrected chi connectivity index (χ1v) is 8.50. The standard InChI is InChI=1S/C13H10IN3O2S/c14-12-7-17(13-11(12)6-15-9-16-13)20(18,19)8-10-4-2-1-3-5-10/h1-7,9H,8H2. The second-order valence-corrected chi connectivity index (χ2v) is 7.28. The van der Waals surface area contributed by atoms with E-state index < -0.39 is 10.0 Å². The predicted molar refractivity (Wildman–Crippen MR) is 84.7 cm³/mol. The van der Waals surface area contributed by atoms with Crippen molar-refractivity contribution in [3.8, 4) is 0 Å². The Balaban J connectivity index is 2.10. The average molecular weight is 399 g/mol. The first-order valence-electron chi connectivity index (χ1n) is 5.82. The lowest BCUT2D eigenvalue weighted by Gasteiger charge is -2.06. The summed E-state index contributed by atoms with van der Waals surface area (Å²) in [5.41, 5.74) is 1.17. The van der Waals surface area contributed by atoms with Gasteiger partial charge >= 0.3 is 0 Å². The highest BCUT2D eigenvalue weighted by Gasteiger charge is 2.19. The molecule has 0 unspecified atom stereocenters. The van der Waals surface area contributed by atoms with Crippen LogP contribution in [0.2, 0.25) is 0 Å². The van der Waals surface area contributed by atoms with Crippen LogP contribution in [0.15, 0.2) is 49.1 Å². The fourth-order valence-electron chi connectivity index (χ4n) is 1.97. The maximum absolute atomic E-state index is 12.5. The molecule has 5 nitrogen and oxygen atoms in total. The van der Waals surface area contributed by atoms with E-state index in [0.29, 0.717) is 5.65 Å². The molecule has 0 fully saturated rings. The molecular weight excluding hydrogens is 389 g/mol. The fraction of sp³-hybridized carbons (Fsp3) is 0.0769. The molecule has 2 heterocycles. The van der Waals surface area contributed by atoms with Crippen molar-refractivity contribution in [2.75, 3.05) is 0 Å². The van der Waals surface area contributed by atoms with E-state index in [-0.39, 0.29) is 5.75 Å². The van der Waals surface area contributed by atoms with Gasteiger partial charge in [-0.3, -0.25) is 0 Å². The molecule has 0 radical (unpaired) electrons. The molecule has 0 atom stereocenters. The van der Waals surface area contributed by atoms with Crippen molar-refractivity contribution < 1.29 is 8.42 Å². The summed E-state index contributed by atoms with van der Waals surface area (Å²) in [6, 6.07) is 9.10. The Morgan fingerprint density at radius 2 is 1.95 bits per heavy atom. The number of rotatable bonds is 3. The maximum atomic E-state index is 12.5. The molecule has 0 spiro atoms. The third-order valence-electron chi connectivity index (χ3n) is 2.88. The Kier molecular flexibility index (Phi) is 3.47. The molecule has 3 aromatic rings. The molecule has 0 aliphatic heterocycles. The summed E-state index contributed by atoms with van der Waals surface area (Å²) in [7, 11) is -3.50. The Hall–Kier alpha value is -1.48. The van der Waals surface area contributed by atoms with Gasteiger partial charge in [-0.25, -0.2) is 22.4 Å². The molecule has 3 rings (SSSR count). The summed E-state index contributed by atoms with van der Waals surface area (Å²) in [6.45, 7) is 0. The van der Waals surface area contributed by atoms with Crippen LogP contribution in [-0.4, -0.2) is 22.4 Å². The Labute approximate surface area is 129 Å². The molecule has 0 bridgehead atoms. The number of benzene rings is 1. The maximum Gasteiger partial charge on any atom is 0.244 e. The third kappa shape index (κ3) is 2.42. The smallest absolute Gasteiger partial charge is 0.244 e. The van der Waals surface area contributed by atoms with Crippen LogP contribution < -0.4 is 0 Å². The van der Waals surface area contributed by atoms with Gasteiger partial charge in [-0.15, -0.1) is 0 Å². The molecule has 0 aliphatic carbocycles. The van der Waals surface area contributed by atoms with Gasteiger partial charge in [0.1, 0.15) is 6.33 Å². The number of hydrogen-bond acceptors (Lipinski definition) is 4. The third-order valence-corrected chi connectivity index (χ3v) is 5.31. The van der Waals surface area contributed by atoms with Crippen molar-refractivity contribution in [2.45, 2.75) is 5.75 Å². The Morgan fingerprint density at radius 3 is 2.70 bits per heavy atom. The molecular formula is C13H10IN3O2S. The van der Waals surface area contributed by atoms with Crippen molar-refractivity contribution in [3.05, 3.63) is 58.2 Å². The molecule has 0 N–H and O–H groups in total. The molecule has 0 saturated heterocycles. The lowest BCUT2D eigenvalue weighted by atomic mass is 10.2. The number of fused-ring (bicyclic) bond motifs is 1. The minimum atomic E-state index is -3.50. The van der Waals surface area contributed by atoms with Crippen LogP contribution in [0.1, 0.15) is 5.56 Å². The number of nitrogens with zero attached hydrogens (tertiary/aromatic N) is 3. The van der Waals surface area contributed by atoms with Gasteiger partial charge in [0, 0.05) is 16.0 Å². The molecule has 1 aromatic carbocycles. The summed E-state index contributed by atoms with van der Waals surface area (Å²) >= 11 is 2.08. The van der Waals surface area contributed by atoms with E-state index in [4.69, 9.17) is 0 Å². The predicted octanol–water partition coefficient (Wildman–Crippen LogP) is 2.41. The van der Waals surface area contributed by atoms with Gasteiger partial charge in [-0.2, -0.15) is 0 Å². The van der Waals surface area contributed by atoms with Crippen molar-refractivity contribution in [1.29, 1.82) is 0 Å².